The summed E-state index contributed by atoms with van der Waals surface area (Å²) in [5, 5.41) is 3.01. The summed E-state index contributed by atoms with van der Waals surface area (Å²) in [4.78, 5) is 12.4. The fourth-order valence-electron chi connectivity index (χ4n) is 2.32. The second-order valence-corrected chi connectivity index (χ2v) is 5.31. The number of hydrogen-bond donors (Lipinski definition) is 1. The van der Waals surface area contributed by atoms with E-state index >= 15 is 0 Å². The Balaban J connectivity index is 2.15. The summed E-state index contributed by atoms with van der Waals surface area (Å²) in [6.45, 7) is 6.87. The van der Waals surface area contributed by atoms with Gasteiger partial charge in [0.1, 0.15) is 5.75 Å². The van der Waals surface area contributed by atoms with E-state index in [1.165, 1.54) is 5.56 Å². The van der Waals surface area contributed by atoms with Crippen LogP contribution in [0.1, 0.15) is 49.0 Å². The number of carbonyl (C=O) groups excluding carboxylic acids is 1. The number of rotatable bonds is 6. The third kappa shape index (κ3) is 3.88. The predicted molar refractivity (Wildman–Crippen MR) is 90.7 cm³/mol. The molecular weight excluding hydrogens is 274 g/mol. The van der Waals surface area contributed by atoms with Crippen molar-refractivity contribution >= 4 is 11.6 Å². The Kier molecular flexibility index (Phi) is 5.59. The van der Waals surface area contributed by atoms with Gasteiger partial charge in [0.05, 0.1) is 6.61 Å². The molecule has 0 heterocycles. The summed E-state index contributed by atoms with van der Waals surface area (Å²) in [6.07, 6.45) is 1.04. The number of nitrogens with one attached hydrogen (secondary N) is 1. The average Bonchev–Trinajstić information content (AvgIpc) is 2.55. The van der Waals surface area contributed by atoms with Gasteiger partial charge in [-0.2, -0.15) is 0 Å². The van der Waals surface area contributed by atoms with Crippen molar-refractivity contribution in [2.24, 2.45) is 0 Å². The summed E-state index contributed by atoms with van der Waals surface area (Å²) in [5.41, 5.74) is 2.68. The first-order valence-electron chi connectivity index (χ1n) is 7.78. The quantitative estimate of drug-likeness (QED) is 0.827. The molecule has 0 saturated heterocycles. The summed E-state index contributed by atoms with van der Waals surface area (Å²) in [7, 11) is 0. The highest BCUT2D eigenvalue weighted by molar-refractivity contribution is 6.04. The van der Waals surface area contributed by atoms with Crippen molar-refractivity contribution in [2.75, 3.05) is 11.9 Å². The molecule has 0 unspecified atom stereocenters. The minimum Gasteiger partial charge on any atom is -0.494 e. The van der Waals surface area contributed by atoms with Crippen LogP contribution < -0.4 is 10.1 Å². The molecule has 2 aromatic rings. The maximum atomic E-state index is 12.4. The summed E-state index contributed by atoms with van der Waals surface area (Å²) < 4.78 is 5.39. The van der Waals surface area contributed by atoms with E-state index in [1.54, 1.807) is 12.1 Å². The van der Waals surface area contributed by atoms with Crippen molar-refractivity contribution in [1.82, 2.24) is 0 Å². The molecule has 0 aliphatic rings. The lowest BCUT2D eigenvalue weighted by molar-refractivity contribution is 0.102. The van der Waals surface area contributed by atoms with Gasteiger partial charge in [-0.15, -0.1) is 0 Å². The molecule has 3 nitrogen and oxygen atoms in total. The van der Waals surface area contributed by atoms with Gasteiger partial charge in [0.2, 0.25) is 0 Å². The Morgan fingerprint density at radius 2 is 1.77 bits per heavy atom. The third-order valence-corrected chi connectivity index (χ3v) is 3.78. The SMILES string of the molecule is CCOc1ccc(C(=O)Nc2ccccc2[C@@H](C)CC)cc1. The second kappa shape index (κ2) is 7.64. The largest absolute Gasteiger partial charge is 0.494 e. The number of ether oxygens (including phenoxy) is 1. The van der Waals surface area contributed by atoms with Crippen LogP contribution in [-0.4, -0.2) is 12.5 Å². The van der Waals surface area contributed by atoms with Crippen LogP contribution in [0.2, 0.25) is 0 Å². The molecule has 0 fully saturated rings. The zero-order valence-electron chi connectivity index (χ0n) is 13.4. The van der Waals surface area contributed by atoms with Crippen LogP contribution in [0.15, 0.2) is 48.5 Å². The van der Waals surface area contributed by atoms with Crippen molar-refractivity contribution in [3.8, 4) is 5.75 Å². The van der Waals surface area contributed by atoms with E-state index in [4.69, 9.17) is 4.74 Å². The van der Waals surface area contributed by atoms with E-state index in [2.05, 4.69) is 25.2 Å². The minimum absolute atomic E-state index is 0.0983. The van der Waals surface area contributed by atoms with Gasteiger partial charge in [0, 0.05) is 11.3 Å². The van der Waals surface area contributed by atoms with Crippen LogP contribution in [0.25, 0.3) is 0 Å². The molecule has 0 aromatic heterocycles. The van der Waals surface area contributed by atoms with Crippen molar-refractivity contribution in [3.05, 3.63) is 59.7 Å². The molecule has 1 amide bonds. The minimum atomic E-state index is -0.0983. The molecule has 1 N–H and O–H groups in total. The molecule has 0 bridgehead atoms. The topological polar surface area (TPSA) is 38.3 Å². The maximum absolute atomic E-state index is 12.4. The maximum Gasteiger partial charge on any atom is 0.255 e. The molecule has 3 heteroatoms. The van der Waals surface area contributed by atoms with Crippen LogP contribution >= 0.6 is 0 Å². The van der Waals surface area contributed by atoms with Gasteiger partial charge in [-0.1, -0.05) is 32.0 Å². The molecule has 22 heavy (non-hydrogen) atoms. The first-order chi connectivity index (χ1) is 10.7. The molecular formula is C19H23NO2. The monoisotopic (exact) mass is 297 g/mol. The van der Waals surface area contributed by atoms with Crippen LogP contribution in [0.5, 0.6) is 5.75 Å². The Morgan fingerprint density at radius 3 is 2.41 bits per heavy atom. The fraction of sp³-hybridized carbons (Fsp3) is 0.316. The number of hydrogen-bond acceptors (Lipinski definition) is 2. The Bertz CT molecular complexity index is 620. The van der Waals surface area contributed by atoms with Gasteiger partial charge in [-0.3, -0.25) is 4.79 Å². The van der Waals surface area contributed by atoms with Crippen molar-refractivity contribution in [1.29, 1.82) is 0 Å². The van der Waals surface area contributed by atoms with E-state index in [-0.39, 0.29) is 5.91 Å². The summed E-state index contributed by atoms with van der Waals surface area (Å²) >= 11 is 0. The Morgan fingerprint density at radius 1 is 1.09 bits per heavy atom. The van der Waals surface area contributed by atoms with Gasteiger partial charge in [0.15, 0.2) is 0 Å². The van der Waals surface area contributed by atoms with E-state index < -0.39 is 0 Å². The van der Waals surface area contributed by atoms with Gasteiger partial charge >= 0.3 is 0 Å². The number of anilines is 1. The first-order valence-corrected chi connectivity index (χ1v) is 7.78. The normalized spacial score (nSPS) is 11.8. The smallest absolute Gasteiger partial charge is 0.255 e. The van der Waals surface area contributed by atoms with Crippen molar-refractivity contribution in [2.45, 2.75) is 33.1 Å². The molecule has 0 aliphatic heterocycles. The molecule has 0 radical (unpaired) electrons. The third-order valence-electron chi connectivity index (χ3n) is 3.78. The number of carbonyl (C=O) groups is 1. The lowest BCUT2D eigenvalue weighted by atomic mass is 9.97. The van der Waals surface area contributed by atoms with Crippen molar-refractivity contribution < 1.29 is 9.53 Å². The van der Waals surface area contributed by atoms with E-state index in [9.17, 15) is 4.79 Å². The highest BCUT2D eigenvalue weighted by Gasteiger charge is 2.12. The Hall–Kier alpha value is -2.29. The van der Waals surface area contributed by atoms with Gasteiger partial charge in [-0.05, 0) is 55.2 Å². The zero-order chi connectivity index (χ0) is 15.9. The van der Waals surface area contributed by atoms with E-state index in [0.29, 0.717) is 18.1 Å². The molecule has 0 aliphatic carbocycles. The highest BCUT2D eigenvalue weighted by atomic mass is 16.5. The zero-order valence-corrected chi connectivity index (χ0v) is 13.4. The van der Waals surface area contributed by atoms with E-state index in [1.807, 2.05) is 37.3 Å². The fourth-order valence-corrected chi connectivity index (χ4v) is 2.32. The van der Waals surface area contributed by atoms with E-state index in [0.717, 1.165) is 17.9 Å². The molecule has 2 aromatic carbocycles. The van der Waals surface area contributed by atoms with Crippen LogP contribution in [0.4, 0.5) is 5.69 Å². The van der Waals surface area contributed by atoms with Crippen molar-refractivity contribution in [3.63, 3.8) is 0 Å². The second-order valence-electron chi connectivity index (χ2n) is 5.31. The summed E-state index contributed by atoms with van der Waals surface area (Å²) in [6, 6.07) is 15.2. The van der Waals surface area contributed by atoms with Gasteiger partial charge in [-0.25, -0.2) is 0 Å². The molecule has 1 atom stereocenters. The first kappa shape index (κ1) is 16.1. The number of amides is 1. The van der Waals surface area contributed by atoms with Gasteiger partial charge < -0.3 is 10.1 Å². The van der Waals surface area contributed by atoms with Crippen LogP contribution in [0, 0.1) is 0 Å². The summed E-state index contributed by atoms with van der Waals surface area (Å²) in [5.74, 6) is 1.09. The van der Waals surface area contributed by atoms with Crippen LogP contribution in [0.3, 0.4) is 0 Å². The molecule has 0 saturated carbocycles. The standard InChI is InChI=1S/C19H23NO2/c1-4-14(3)17-8-6-7-9-18(17)20-19(21)15-10-12-16(13-11-15)22-5-2/h6-14H,4-5H2,1-3H3,(H,20,21)/t14-/m0/s1. The molecule has 2 rings (SSSR count). The lowest BCUT2D eigenvalue weighted by Gasteiger charge is -2.15. The molecule has 116 valence electrons. The Labute approximate surface area is 132 Å². The lowest BCUT2D eigenvalue weighted by Crippen LogP contribution is -2.13. The number of benzene rings is 2. The highest BCUT2D eigenvalue weighted by Crippen LogP contribution is 2.27. The van der Waals surface area contributed by atoms with Gasteiger partial charge in [0.25, 0.3) is 5.91 Å². The number of para-hydroxylation sites is 1. The van der Waals surface area contributed by atoms with Crippen LogP contribution in [-0.2, 0) is 0 Å². The average molecular weight is 297 g/mol. The predicted octanol–water partition coefficient (Wildman–Crippen LogP) is 4.85. The molecule has 0 spiro atoms.